The lowest BCUT2D eigenvalue weighted by molar-refractivity contribution is -0.160. The topological polar surface area (TPSA) is 47.5 Å². The maximum Gasteiger partial charge on any atom is 0.109 e. The Hall–Kier alpha value is -1.72. The van der Waals surface area contributed by atoms with E-state index in [1.807, 2.05) is 18.5 Å². The molecule has 2 saturated heterocycles. The van der Waals surface area contributed by atoms with Crippen LogP contribution in [-0.2, 0) is 9.47 Å². The van der Waals surface area contributed by atoms with Crippen molar-refractivity contribution in [1.82, 2.24) is 9.97 Å². The van der Waals surface area contributed by atoms with Crippen LogP contribution in [0.5, 0.6) is 0 Å². The quantitative estimate of drug-likeness (QED) is 0.809. The lowest BCUT2D eigenvalue weighted by atomic mass is 9.93. The normalized spacial score (nSPS) is 29.1. The number of hydrogen-bond acceptors (Lipinski definition) is 5. The molecule has 2 aromatic rings. The van der Waals surface area contributed by atoms with Gasteiger partial charge in [-0.2, -0.15) is 0 Å². The first-order valence-corrected chi connectivity index (χ1v) is 7.95. The molecule has 2 aliphatic heterocycles. The molecule has 0 amide bonds. The zero-order chi connectivity index (χ0) is 15.0. The van der Waals surface area contributed by atoms with Crippen LogP contribution >= 0.6 is 0 Å². The lowest BCUT2D eigenvalue weighted by Gasteiger charge is -2.48. The minimum Gasteiger partial charge on any atom is -0.378 e. The highest BCUT2D eigenvalue weighted by Crippen LogP contribution is 2.34. The van der Waals surface area contributed by atoms with E-state index in [0.717, 1.165) is 43.4 Å². The van der Waals surface area contributed by atoms with Crippen LogP contribution in [-0.4, -0.2) is 48.0 Å². The fraction of sp³-hybridized carbons (Fsp3) is 0.529. The van der Waals surface area contributed by atoms with Crippen molar-refractivity contribution >= 4 is 16.6 Å². The first kappa shape index (κ1) is 13.9. The Balaban J connectivity index is 1.71. The molecule has 0 saturated carbocycles. The highest BCUT2D eigenvalue weighted by atomic mass is 16.6. The number of rotatable bonds is 1. The van der Waals surface area contributed by atoms with Crippen molar-refractivity contribution in [2.45, 2.75) is 31.5 Å². The summed E-state index contributed by atoms with van der Waals surface area (Å²) in [7, 11) is 0. The van der Waals surface area contributed by atoms with Gasteiger partial charge in [0.15, 0.2) is 0 Å². The highest BCUT2D eigenvalue weighted by Gasteiger charge is 2.41. The monoisotopic (exact) mass is 299 g/mol. The van der Waals surface area contributed by atoms with Gasteiger partial charge in [0.05, 0.1) is 18.2 Å². The maximum atomic E-state index is 6.28. The van der Waals surface area contributed by atoms with Gasteiger partial charge in [-0.15, -0.1) is 0 Å². The van der Waals surface area contributed by atoms with Crippen LogP contribution in [0.4, 0.5) is 5.69 Å². The average molecular weight is 299 g/mol. The van der Waals surface area contributed by atoms with Gasteiger partial charge in [0.1, 0.15) is 5.60 Å². The molecule has 2 fully saturated rings. The van der Waals surface area contributed by atoms with Gasteiger partial charge in [-0.1, -0.05) is 0 Å². The number of ether oxygens (including phenoxy) is 2. The maximum absolute atomic E-state index is 6.28. The molecule has 116 valence electrons. The number of pyridine rings is 2. The molecule has 2 atom stereocenters. The molecule has 0 radical (unpaired) electrons. The van der Waals surface area contributed by atoms with Crippen LogP contribution in [0.15, 0.2) is 30.7 Å². The Morgan fingerprint density at radius 3 is 3.14 bits per heavy atom. The summed E-state index contributed by atoms with van der Waals surface area (Å²) in [6, 6.07) is 4.04. The summed E-state index contributed by atoms with van der Waals surface area (Å²) in [5.41, 5.74) is 2.01. The van der Waals surface area contributed by atoms with E-state index < -0.39 is 0 Å². The number of hydrogen-bond donors (Lipinski definition) is 0. The number of nitrogens with zero attached hydrogens (tertiary/aromatic N) is 3. The molecule has 0 N–H and O–H groups in total. The van der Waals surface area contributed by atoms with E-state index in [4.69, 9.17) is 9.47 Å². The van der Waals surface area contributed by atoms with Gasteiger partial charge in [0.25, 0.3) is 0 Å². The fourth-order valence-electron chi connectivity index (χ4n) is 3.70. The summed E-state index contributed by atoms with van der Waals surface area (Å²) in [5, 5.41) is 1.10. The van der Waals surface area contributed by atoms with E-state index >= 15 is 0 Å². The molecule has 2 aliphatic rings. The third kappa shape index (κ3) is 2.44. The van der Waals surface area contributed by atoms with E-state index in [9.17, 15) is 0 Å². The molecule has 22 heavy (non-hydrogen) atoms. The summed E-state index contributed by atoms with van der Waals surface area (Å²) >= 11 is 0. The van der Waals surface area contributed by atoms with Gasteiger partial charge in [0.2, 0.25) is 0 Å². The second-order valence-electron chi connectivity index (χ2n) is 6.37. The molecule has 0 unspecified atom stereocenters. The van der Waals surface area contributed by atoms with Gasteiger partial charge in [-0.05, 0) is 31.9 Å². The van der Waals surface area contributed by atoms with Crippen LogP contribution in [0, 0.1) is 0 Å². The fourth-order valence-corrected chi connectivity index (χ4v) is 3.70. The van der Waals surface area contributed by atoms with Gasteiger partial charge in [-0.3, -0.25) is 9.97 Å². The molecule has 5 heteroatoms. The predicted octanol–water partition coefficient (Wildman–Crippen LogP) is 2.40. The van der Waals surface area contributed by atoms with Crippen molar-refractivity contribution in [2.75, 3.05) is 31.2 Å². The average Bonchev–Trinajstić information content (AvgIpc) is 2.54. The lowest BCUT2D eigenvalue weighted by Crippen LogP contribution is -2.58. The van der Waals surface area contributed by atoms with Crippen molar-refractivity contribution in [1.29, 1.82) is 0 Å². The first-order valence-electron chi connectivity index (χ1n) is 7.95. The van der Waals surface area contributed by atoms with E-state index in [1.165, 1.54) is 5.69 Å². The Morgan fingerprint density at radius 2 is 2.27 bits per heavy atom. The molecule has 1 spiro atoms. The summed E-state index contributed by atoms with van der Waals surface area (Å²) in [5.74, 6) is 0. The summed E-state index contributed by atoms with van der Waals surface area (Å²) in [4.78, 5) is 11.1. The van der Waals surface area contributed by atoms with Crippen molar-refractivity contribution in [2.24, 2.45) is 0 Å². The first-order chi connectivity index (χ1) is 10.8. The largest absolute Gasteiger partial charge is 0.378 e. The molecule has 4 heterocycles. The zero-order valence-corrected chi connectivity index (χ0v) is 12.9. The molecule has 4 rings (SSSR count). The Morgan fingerprint density at radius 1 is 1.32 bits per heavy atom. The van der Waals surface area contributed by atoms with Gasteiger partial charge in [-0.25, -0.2) is 0 Å². The standard InChI is InChI=1S/C17H21N3O2/c1-13-10-20(11-17(22-13)5-2-8-21-12-17)16-4-7-19-15-3-6-18-9-14(15)16/h3-4,6-7,9,13H,2,5,8,10-12H2,1H3/t13-,17-/m0/s1. The van der Waals surface area contributed by atoms with Crippen LogP contribution in [0.25, 0.3) is 10.9 Å². The summed E-state index contributed by atoms with van der Waals surface area (Å²) in [6.07, 6.45) is 7.89. The second-order valence-corrected chi connectivity index (χ2v) is 6.37. The number of anilines is 1. The molecule has 0 bridgehead atoms. The minimum absolute atomic E-state index is 0.173. The SMILES string of the molecule is C[C@H]1CN(c2ccnc3ccncc23)C[C@]2(CCCOC2)O1. The molecular weight excluding hydrogens is 278 g/mol. The second kappa shape index (κ2) is 5.48. The van der Waals surface area contributed by atoms with Crippen molar-refractivity contribution < 1.29 is 9.47 Å². The number of fused-ring (bicyclic) bond motifs is 1. The number of aromatic nitrogens is 2. The van der Waals surface area contributed by atoms with E-state index in [0.29, 0.717) is 6.61 Å². The third-order valence-corrected chi connectivity index (χ3v) is 4.55. The van der Waals surface area contributed by atoms with E-state index in [2.05, 4.69) is 27.9 Å². The van der Waals surface area contributed by atoms with Crippen molar-refractivity contribution in [3.05, 3.63) is 30.7 Å². The van der Waals surface area contributed by atoms with Crippen molar-refractivity contribution in [3.8, 4) is 0 Å². The smallest absolute Gasteiger partial charge is 0.109 e. The molecule has 0 aliphatic carbocycles. The van der Waals surface area contributed by atoms with Gasteiger partial charge < -0.3 is 14.4 Å². The number of morpholine rings is 1. The molecule has 2 aromatic heterocycles. The predicted molar refractivity (Wildman–Crippen MR) is 85.1 cm³/mol. The Labute approximate surface area is 130 Å². The summed E-state index contributed by atoms with van der Waals surface area (Å²) in [6.45, 7) is 5.43. The summed E-state index contributed by atoms with van der Waals surface area (Å²) < 4.78 is 12.0. The molecule has 0 aromatic carbocycles. The van der Waals surface area contributed by atoms with E-state index in [-0.39, 0.29) is 11.7 Å². The van der Waals surface area contributed by atoms with Crippen LogP contribution in [0.3, 0.4) is 0 Å². The van der Waals surface area contributed by atoms with Gasteiger partial charge in [0, 0.05) is 49.4 Å². The van der Waals surface area contributed by atoms with Crippen molar-refractivity contribution in [3.63, 3.8) is 0 Å². The molecule has 5 nitrogen and oxygen atoms in total. The van der Waals surface area contributed by atoms with Crippen LogP contribution < -0.4 is 4.90 Å². The van der Waals surface area contributed by atoms with E-state index in [1.54, 1.807) is 6.20 Å². The third-order valence-electron chi connectivity index (χ3n) is 4.55. The zero-order valence-electron chi connectivity index (χ0n) is 12.9. The van der Waals surface area contributed by atoms with Crippen LogP contribution in [0.2, 0.25) is 0 Å². The highest BCUT2D eigenvalue weighted by molar-refractivity contribution is 5.90. The molecular formula is C17H21N3O2. The van der Waals surface area contributed by atoms with Gasteiger partial charge >= 0.3 is 0 Å². The minimum atomic E-state index is -0.173. The van der Waals surface area contributed by atoms with Crippen LogP contribution in [0.1, 0.15) is 19.8 Å². The Bertz CT molecular complexity index is 665. The Kier molecular flexibility index (Phi) is 3.47.